The average Bonchev–Trinajstić information content (AvgIpc) is 3.15. The van der Waals surface area contributed by atoms with E-state index in [1.54, 1.807) is 54.6 Å². The number of nitrogens with one attached hydrogen (secondary N) is 3. The fourth-order valence-electron chi connectivity index (χ4n) is 3.36. The van der Waals surface area contributed by atoms with E-state index in [0.717, 1.165) is 11.1 Å². The summed E-state index contributed by atoms with van der Waals surface area (Å²) < 4.78 is 1.27. The van der Waals surface area contributed by atoms with Crippen molar-refractivity contribution in [2.75, 3.05) is 16.1 Å². The van der Waals surface area contributed by atoms with E-state index in [0.29, 0.717) is 32.3 Å². The summed E-state index contributed by atoms with van der Waals surface area (Å²) in [6.45, 7) is 3.93. The molecule has 0 spiro atoms. The van der Waals surface area contributed by atoms with Gasteiger partial charge in [0.05, 0.1) is 5.52 Å². The van der Waals surface area contributed by atoms with E-state index in [9.17, 15) is 14.4 Å². The summed E-state index contributed by atoms with van der Waals surface area (Å²) in [5.74, 6) is -2.32. The number of carbonyl (C=O) groups excluding carboxylic acids is 3. The van der Waals surface area contributed by atoms with Gasteiger partial charge in [-0.25, -0.2) is 4.68 Å². The maximum Gasteiger partial charge on any atom is 0.328 e. The number of carbonyl (C=O) groups is 3. The van der Waals surface area contributed by atoms with Crippen LogP contribution in [0.15, 0.2) is 66.7 Å². The van der Waals surface area contributed by atoms with Gasteiger partial charge >= 0.3 is 11.8 Å². The molecule has 4 rings (SSSR count). The molecule has 0 radical (unpaired) electrons. The molecule has 4 aromatic rings. The molecule has 0 saturated heterocycles. The van der Waals surface area contributed by atoms with Crippen LogP contribution in [0.25, 0.3) is 10.9 Å². The Labute approximate surface area is 205 Å². The second-order valence-corrected chi connectivity index (χ2v) is 8.60. The standard InChI is InChI=1S/C25H20Cl2N4O3/c1-14-3-7-20(11-15(14)2)29-23(32)22-13-16-12-18(27)6-10-21(16)31(22)30-25(34)24(33)28-19-8-4-17(26)5-9-19/h3-13H,1-2H3,(H,28,33)(H,29,32)(H,30,34). The van der Waals surface area contributed by atoms with Crippen molar-refractivity contribution in [1.29, 1.82) is 0 Å². The molecule has 34 heavy (non-hydrogen) atoms. The Hall–Kier alpha value is -3.81. The number of hydrogen-bond donors (Lipinski definition) is 3. The lowest BCUT2D eigenvalue weighted by Crippen LogP contribution is -2.36. The van der Waals surface area contributed by atoms with E-state index < -0.39 is 17.7 Å². The molecule has 0 unspecified atom stereocenters. The molecule has 0 bridgehead atoms. The zero-order valence-electron chi connectivity index (χ0n) is 18.3. The Balaban J connectivity index is 1.62. The third kappa shape index (κ3) is 5.06. The third-order valence-corrected chi connectivity index (χ3v) is 5.77. The summed E-state index contributed by atoms with van der Waals surface area (Å²) in [7, 11) is 0. The van der Waals surface area contributed by atoms with Crippen LogP contribution in [0.1, 0.15) is 21.6 Å². The first-order valence-corrected chi connectivity index (χ1v) is 11.0. The lowest BCUT2D eigenvalue weighted by molar-refractivity contribution is -0.133. The maximum atomic E-state index is 13.1. The molecule has 0 aliphatic rings. The molecule has 0 saturated carbocycles. The van der Waals surface area contributed by atoms with Gasteiger partial charge in [-0.15, -0.1) is 0 Å². The van der Waals surface area contributed by atoms with Crippen molar-refractivity contribution in [1.82, 2.24) is 4.68 Å². The van der Waals surface area contributed by atoms with Gasteiger partial charge in [-0.3, -0.25) is 19.8 Å². The van der Waals surface area contributed by atoms with Crippen LogP contribution in [-0.2, 0) is 9.59 Å². The molecule has 1 heterocycles. The van der Waals surface area contributed by atoms with Gasteiger partial charge in [0.1, 0.15) is 5.69 Å². The number of aromatic nitrogens is 1. The molecule has 0 aliphatic heterocycles. The normalized spacial score (nSPS) is 10.7. The number of anilines is 2. The van der Waals surface area contributed by atoms with Crippen LogP contribution >= 0.6 is 23.2 Å². The number of halogens is 2. The Bertz CT molecular complexity index is 1430. The number of rotatable bonds is 4. The predicted molar refractivity (Wildman–Crippen MR) is 135 cm³/mol. The highest BCUT2D eigenvalue weighted by molar-refractivity contribution is 6.42. The number of amides is 3. The maximum absolute atomic E-state index is 13.1. The summed E-state index contributed by atoms with van der Waals surface area (Å²) in [6.07, 6.45) is 0. The molecular weight excluding hydrogens is 475 g/mol. The highest BCUT2D eigenvalue weighted by atomic mass is 35.5. The summed E-state index contributed by atoms with van der Waals surface area (Å²) >= 11 is 12.0. The van der Waals surface area contributed by atoms with E-state index in [2.05, 4.69) is 16.1 Å². The van der Waals surface area contributed by atoms with E-state index in [1.807, 2.05) is 26.0 Å². The third-order valence-electron chi connectivity index (χ3n) is 5.28. The van der Waals surface area contributed by atoms with E-state index >= 15 is 0 Å². The van der Waals surface area contributed by atoms with E-state index in [4.69, 9.17) is 23.2 Å². The number of hydrogen-bond acceptors (Lipinski definition) is 3. The smallest absolute Gasteiger partial charge is 0.321 e. The summed E-state index contributed by atoms with van der Waals surface area (Å²) in [4.78, 5) is 38.3. The van der Waals surface area contributed by atoms with Crippen molar-refractivity contribution in [3.8, 4) is 0 Å². The Morgan fingerprint density at radius 1 is 0.706 bits per heavy atom. The molecule has 0 fully saturated rings. The zero-order valence-corrected chi connectivity index (χ0v) is 19.8. The number of aryl methyl sites for hydroxylation is 2. The second kappa shape index (κ2) is 9.59. The quantitative estimate of drug-likeness (QED) is 0.326. The molecule has 3 aromatic carbocycles. The van der Waals surface area contributed by atoms with Crippen LogP contribution in [0.5, 0.6) is 0 Å². The topological polar surface area (TPSA) is 92.2 Å². The van der Waals surface area contributed by atoms with Gasteiger partial charge in [0.25, 0.3) is 5.91 Å². The molecule has 172 valence electrons. The molecule has 9 heteroatoms. The predicted octanol–water partition coefficient (Wildman–Crippen LogP) is 5.53. The number of benzene rings is 3. The second-order valence-electron chi connectivity index (χ2n) is 7.72. The van der Waals surface area contributed by atoms with Crippen molar-refractivity contribution >= 4 is 63.2 Å². The van der Waals surface area contributed by atoms with E-state index in [-0.39, 0.29) is 5.69 Å². The first-order valence-electron chi connectivity index (χ1n) is 10.3. The Morgan fingerprint density at radius 2 is 1.38 bits per heavy atom. The Kier molecular flexibility index (Phi) is 6.58. The minimum atomic E-state index is -0.956. The van der Waals surface area contributed by atoms with Crippen LogP contribution in [-0.4, -0.2) is 22.4 Å². The first kappa shape index (κ1) is 23.4. The molecule has 3 amide bonds. The van der Waals surface area contributed by atoms with Crippen molar-refractivity contribution < 1.29 is 14.4 Å². The molecule has 1 aromatic heterocycles. The van der Waals surface area contributed by atoms with Crippen molar-refractivity contribution in [2.24, 2.45) is 0 Å². The molecule has 7 nitrogen and oxygen atoms in total. The van der Waals surface area contributed by atoms with Crippen molar-refractivity contribution in [3.63, 3.8) is 0 Å². The lowest BCUT2D eigenvalue weighted by atomic mass is 10.1. The van der Waals surface area contributed by atoms with Crippen LogP contribution < -0.4 is 16.1 Å². The zero-order chi connectivity index (χ0) is 24.4. The molecule has 0 aliphatic carbocycles. The highest BCUT2D eigenvalue weighted by Crippen LogP contribution is 2.24. The first-order chi connectivity index (χ1) is 16.2. The lowest BCUT2D eigenvalue weighted by Gasteiger charge is -2.13. The summed E-state index contributed by atoms with van der Waals surface area (Å²) in [6, 6.07) is 18.4. The molecule has 3 N–H and O–H groups in total. The molecule has 0 atom stereocenters. The average molecular weight is 495 g/mol. The summed E-state index contributed by atoms with van der Waals surface area (Å²) in [5, 5.41) is 6.92. The minimum Gasteiger partial charge on any atom is -0.321 e. The van der Waals surface area contributed by atoms with Gasteiger partial charge in [0.2, 0.25) is 0 Å². The van der Waals surface area contributed by atoms with Crippen LogP contribution in [0.3, 0.4) is 0 Å². The van der Waals surface area contributed by atoms with E-state index in [1.165, 1.54) is 4.68 Å². The van der Waals surface area contributed by atoms with Gasteiger partial charge in [-0.05, 0) is 85.6 Å². The Morgan fingerprint density at radius 3 is 2.09 bits per heavy atom. The van der Waals surface area contributed by atoms with Gasteiger partial charge < -0.3 is 10.6 Å². The van der Waals surface area contributed by atoms with Gasteiger partial charge in [-0.2, -0.15) is 0 Å². The fourth-order valence-corrected chi connectivity index (χ4v) is 3.67. The summed E-state index contributed by atoms with van der Waals surface area (Å²) in [5.41, 5.74) is 6.27. The van der Waals surface area contributed by atoms with Crippen LogP contribution in [0.4, 0.5) is 11.4 Å². The number of nitrogens with zero attached hydrogens (tertiary/aromatic N) is 1. The highest BCUT2D eigenvalue weighted by Gasteiger charge is 2.21. The van der Waals surface area contributed by atoms with Gasteiger partial charge in [-0.1, -0.05) is 29.3 Å². The monoisotopic (exact) mass is 494 g/mol. The number of fused-ring (bicyclic) bond motifs is 1. The molecular formula is C25H20Cl2N4O3. The SMILES string of the molecule is Cc1ccc(NC(=O)c2cc3cc(Cl)ccc3n2NC(=O)C(=O)Nc2ccc(Cl)cc2)cc1C. The van der Waals surface area contributed by atoms with Crippen LogP contribution in [0, 0.1) is 13.8 Å². The van der Waals surface area contributed by atoms with Crippen molar-refractivity contribution in [3.05, 3.63) is 93.6 Å². The van der Waals surface area contributed by atoms with Crippen molar-refractivity contribution in [2.45, 2.75) is 13.8 Å². The van der Waals surface area contributed by atoms with Gasteiger partial charge in [0.15, 0.2) is 0 Å². The largest absolute Gasteiger partial charge is 0.328 e. The fraction of sp³-hybridized carbons (Fsp3) is 0.0800. The van der Waals surface area contributed by atoms with Gasteiger partial charge in [0, 0.05) is 26.8 Å². The van der Waals surface area contributed by atoms with Crippen LogP contribution in [0.2, 0.25) is 10.0 Å². The minimum absolute atomic E-state index is 0.128.